The van der Waals surface area contributed by atoms with E-state index >= 15 is 0 Å². The highest BCUT2D eigenvalue weighted by Gasteiger charge is 2.24. The number of halogens is 1. The van der Waals surface area contributed by atoms with Crippen LogP contribution in [-0.4, -0.2) is 59.0 Å². The summed E-state index contributed by atoms with van der Waals surface area (Å²) in [6.45, 7) is 1.38. The first-order valence-electron chi connectivity index (χ1n) is 10.7. The fourth-order valence-electron chi connectivity index (χ4n) is 3.55. The lowest BCUT2D eigenvalue weighted by atomic mass is 9.99. The van der Waals surface area contributed by atoms with E-state index in [4.69, 9.17) is 21.2 Å². The largest absolute Gasteiger partial charge is 0.507 e. The Bertz CT molecular complexity index is 935. The van der Waals surface area contributed by atoms with Crippen LogP contribution < -0.4 is 0 Å². The molecule has 0 bridgehead atoms. The molecule has 1 amide bonds. The van der Waals surface area contributed by atoms with Crippen LogP contribution in [-0.2, 0) is 20.8 Å². The maximum atomic E-state index is 12.6. The lowest BCUT2D eigenvalue weighted by molar-refractivity contribution is -0.135. The Labute approximate surface area is 191 Å². The molecule has 8 nitrogen and oxygen atoms in total. The Morgan fingerprint density at radius 1 is 1.12 bits per heavy atom. The van der Waals surface area contributed by atoms with E-state index in [2.05, 4.69) is 5.16 Å². The van der Waals surface area contributed by atoms with Gasteiger partial charge in [-0.3, -0.25) is 4.79 Å². The first kappa shape index (κ1) is 23.7. The van der Waals surface area contributed by atoms with Gasteiger partial charge in [-0.2, -0.15) is 0 Å². The SMILES string of the molecule is O=C1OCCC=CCCC=CC(=NOCC(=O)N2CCCC2)Cc2c(Cl)c(O)cc(O)c21. The number of esters is 1. The van der Waals surface area contributed by atoms with Crippen LogP contribution in [0.15, 0.2) is 35.5 Å². The molecule has 2 aliphatic heterocycles. The molecule has 3 rings (SSSR count). The van der Waals surface area contributed by atoms with Gasteiger partial charge in [-0.1, -0.05) is 35.0 Å². The summed E-state index contributed by atoms with van der Waals surface area (Å²) in [6, 6.07) is 1.00. The van der Waals surface area contributed by atoms with E-state index in [0.717, 1.165) is 44.8 Å². The molecule has 0 atom stereocenters. The smallest absolute Gasteiger partial charge is 0.342 e. The number of oxime groups is 1. The Morgan fingerprint density at radius 3 is 2.62 bits per heavy atom. The van der Waals surface area contributed by atoms with E-state index in [1.165, 1.54) is 0 Å². The number of nitrogens with zero attached hydrogens (tertiary/aromatic N) is 2. The minimum absolute atomic E-state index is 0.0184. The fraction of sp³-hybridized carbons (Fsp3) is 0.435. The van der Waals surface area contributed by atoms with Crippen molar-refractivity contribution in [1.82, 2.24) is 4.90 Å². The van der Waals surface area contributed by atoms with E-state index in [-0.39, 0.29) is 47.4 Å². The number of likely N-dealkylation sites (tertiary alicyclic amines) is 1. The molecule has 9 heteroatoms. The zero-order valence-electron chi connectivity index (χ0n) is 17.8. The lowest BCUT2D eigenvalue weighted by Gasteiger charge is -2.15. The third kappa shape index (κ3) is 6.26. The number of ether oxygens (including phenoxy) is 1. The lowest BCUT2D eigenvalue weighted by Crippen LogP contribution is -2.30. The van der Waals surface area contributed by atoms with E-state index in [1.807, 2.05) is 18.2 Å². The molecular formula is C23H27ClN2O6. The van der Waals surface area contributed by atoms with Crippen molar-refractivity contribution >= 4 is 29.2 Å². The van der Waals surface area contributed by atoms with Crippen LogP contribution in [0.25, 0.3) is 0 Å². The van der Waals surface area contributed by atoms with Gasteiger partial charge in [-0.15, -0.1) is 0 Å². The van der Waals surface area contributed by atoms with Crippen molar-refractivity contribution in [3.8, 4) is 11.5 Å². The molecule has 32 heavy (non-hydrogen) atoms. The van der Waals surface area contributed by atoms with Crippen molar-refractivity contribution in [1.29, 1.82) is 0 Å². The van der Waals surface area contributed by atoms with Gasteiger partial charge in [-0.05, 0) is 43.7 Å². The molecule has 2 aliphatic rings. The van der Waals surface area contributed by atoms with Crippen molar-refractivity contribution in [3.05, 3.63) is 46.5 Å². The highest BCUT2D eigenvalue weighted by molar-refractivity contribution is 6.33. The van der Waals surface area contributed by atoms with Gasteiger partial charge in [0.1, 0.15) is 17.1 Å². The molecule has 1 aromatic rings. The second-order valence-electron chi connectivity index (χ2n) is 7.58. The van der Waals surface area contributed by atoms with Crippen molar-refractivity contribution in [2.45, 2.75) is 38.5 Å². The monoisotopic (exact) mass is 462 g/mol. The van der Waals surface area contributed by atoms with Crippen LogP contribution in [0.4, 0.5) is 0 Å². The predicted molar refractivity (Wildman–Crippen MR) is 120 cm³/mol. The van der Waals surface area contributed by atoms with E-state index in [9.17, 15) is 19.8 Å². The molecular weight excluding hydrogens is 436 g/mol. The highest BCUT2D eigenvalue weighted by atomic mass is 35.5. The van der Waals surface area contributed by atoms with Crippen molar-refractivity contribution in [3.63, 3.8) is 0 Å². The Morgan fingerprint density at radius 2 is 1.84 bits per heavy atom. The van der Waals surface area contributed by atoms with Gasteiger partial charge in [0.15, 0.2) is 6.61 Å². The molecule has 1 fully saturated rings. The molecule has 1 aromatic carbocycles. The first-order valence-corrected chi connectivity index (χ1v) is 11.0. The number of hydrogen-bond donors (Lipinski definition) is 2. The molecule has 0 aliphatic carbocycles. The summed E-state index contributed by atoms with van der Waals surface area (Å²) >= 11 is 6.27. The summed E-state index contributed by atoms with van der Waals surface area (Å²) in [6.07, 6.45) is 11.6. The summed E-state index contributed by atoms with van der Waals surface area (Å²) in [5.41, 5.74) is 0.406. The van der Waals surface area contributed by atoms with Crippen LogP contribution in [0.5, 0.6) is 11.5 Å². The number of carbonyl (C=O) groups excluding carboxylic acids is 2. The van der Waals surface area contributed by atoms with E-state index < -0.39 is 11.7 Å². The Balaban J connectivity index is 1.88. The predicted octanol–water partition coefficient (Wildman–Crippen LogP) is 3.74. The number of carbonyl (C=O) groups is 2. The molecule has 0 spiro atoms. The average Bonchev–Trinajstić information content (AvgIpc) is 3.30. The summed E-state index contributed by atoms with van der Waals surface area (Å²) in [4.78, 5) is 31.9. The number of hydrogen-bond acceptors (Lipinski definition) is 7. The average molecular weight is 463 g/mol. The zero-order chi connectivity index (χ0) is 22.9. The summed E-state index contributed by atoms with van der Waals surface area (Å²) in [7, 11) is 0. The van der Waals surface area contributed by atoms with Gasteiger partial charge in [0, 0.05) is 25.6 Å². The Kier molecular flexibility index (Phi) is 8.56. The maximum Gasteiger partial charge on any atom is 0.342 e. The normalized spacial score (nSPS) is 18.8. The number of rotatable bonds is 3. The quantitative estimate of drug-likeness (QED) is 0.402. The summed E-state index contributed by atoms with van der Waals surface area (Å²) in [5, 5.41) is 24.4. The van der Waals surface area contributed by atoms with Crippen LogP contribution >= 0.6 is 11.6 Å². The van der Waals surface area contributed by atoms with Crippen LogP contribution in [0.2, 0.25) is 5.02 Å². The molecule has 0 unspecified atom stereocenters. The first-order chi connectivity index (χ1) is 15.5. The number of allylic oxidation sites excluding steroid dienone is 3. The number of fused-ring (bicyclic) bond motifs is 1. The summed E-state index contributed by atoms with van der Waals surface area (Å²) in [5.74, 6) is -1.70. The molecule has 0 saturated carbocycles. The number of phenols is 2. The topological polar surface area (TPSA) is 109 Å². The van der Waals surface area contributed by atoms with Crippen molar-refractivity contribution in [2.75, 3.05) is 26.3 Å². The molecule has 172 valence electrons. The molecule has 2 N–H and O–H groups in total. The number of cyclic esters (lactones) is 1. The fourth-order valence-corrected chi connectivity index (χ4v) is 3.76. The zero-order valence-corrected chi connectivity index (χ0v) is 18.5. The van der Waals surface area contributed by atoms with Crippen LogP contribution in [0, 0.1) is 0 Å². The van der Waals surface area contributed by atoms with Gasteiger partial charge >= 0.3 is 5.97 Å². The molecule has 1 saturated heterocycles. The maximum absolute atomic E-state index is 12.6. The minimum Gasteiger partial charge on any atom is -0.507 e. The third-order valence-corrected chi connectivity index (χ3v) is 5.63. The van der Waals surface area contributed by atoms with E-state index in [0.29, 0.717) is 12.1 Å². The van der Waals surface area contributed by atoms with Gasteiger partial charge in [0.25, 0.3) is 5.91 Å². The van der Waals surface area contributed by atoms with Crippen LogP contribution in [0.3, 0.4) is 0 Å². The van der Waals surface area contributed by atoms with Crippen LogP contribution in [0.1, 0.15) is 48.0 Å². The highest BCUT2D eigenvalue weighted by Crippen LogP contribution is 2.37. The van der Waals surface area contributed by atoms with Gasteiger partial charge in [0.05, 0.1) is 17.3 Å². The van der Waals surface area contributed by atoms with Crippen molar-refractivity contribution in [2.24, 2.45) is 5.16 Å². The molecule has 0 radical (unpaired) electrons. The third-order valence-electron chi connectivity index (χ3n) is 5.21. The van der Waals surface area contributed by atoms with Crippen molar-refractivity contribution < 1.29 is 29.4 Å². The number of phenolic OH excluding ortho intramolecular Hbond substituents is 2. The summed E-state index contributed by atoms with van der Waals surface area (Å²) < 4.78 is 5.26. The van der Waals surface area contributed by atoms with Gasteiger partial charge < -0.3 is 24.7 Å². The standard InChI is InChI=1S/C23H27ClN2O6/c24-22-17-13-16(25-32-15-20(29)26-10-6-7-11-26)9-5-3-1-2-4-8-12-31-23(30)21(17)18(27)14-19(22)28/h2,4-5,9,14,27-28H,1,3,6-8,10-13,15H2. The second-order valence-corrected chi connectivity index (χ2v) is 7.96. The number of benzene rings is 1. The van der Waals surface area contributed by atoms with Gasteiger partial charge in [0.2, 0.25) is 0 Å². The Hall–Kier alpha value is -3.00. The molecule has 0 aromatic heterocycles. The minimum atomic E-state index is -0.752. The van der Waals surface area contributed by atoms with E-state index in [1.54, 1.807) is 11.0 Å². The molecule has 2 heterocycles. The second kappa shape index (κ2) is 11.6. The van der Waals surface area contributed by atoms with Gasteiger partial charge in [-0.25, -0.2) is 4.79 Å². The number of amides is 1. The number of aromatic hydroxyl groups is 2.